The fraction of sp³-hybridized carbons (Fsp3) is 0.471. The average molecular weight is 625 g/mol. The molecule has 1 aliphatic heterocycles. The molecule has 0 aromatic heterocycles. The van der Waals surface area contributed by atoms with Crippen molar-refractivity contribution in [2.24, 2.45) is 11.8 Å². The quantitative estimate of drug-likeness (QED) is 0.159. The molecule has 11 heteroatoms. The van der Waals surface area contributed by atoms with Gasteiger partial charge in [0.25, 0.3) is 0 Å². The molecule has 0 bridgehead atoms. The van der Waals surface area contributed by atoms with Crippen molar-refractivity contribution in [2.45, 2.75) is 71.9 Å². The molecule has 0 radical (unpaired) electrons. The van der Waals surface area contributed by atoms with Gasteiger partial charge in [0.15, 0.2) is 0 Å². The Hall–Kier alpha value is -4.38. The largest absolute Gasteiger partial charge is 0.445 e. The molecule has 1 fully saturated rings. The molecule has 0 spiro atoms. The van der Waals surface area contributed by atoms with Crippen molar-refractivity contribution >= 4 is 24.0 Å². The zero-order valence-electron chi connectivity index (χ0n) is 26.8. The van der Waals surface area contributed by atoms with E-state index in [0.717, 1.165) is 11.1 Å². The second-order valence-electron chi connectivity index (χ2n) is 11.5. The minimum atomic E-state index is -0.608. The second kappa shape index (κ2) is 20.6. The number of nitrogens with one attached hydrogen (secondary N) is 4. The summed E-state index contributed by atoms with van der Waals surface area (Å²) in [6, 6.07) is 17.6. The number of carbonyl (C=O) groups is 4. The van der Waals surface area contributed by atoms with Crippen LogP contribution in [0.25, 0.3) is 0 Å². The molecule has 2 aromatic carbocycles. The predicted octanol–water partition coefficient (Wildman–Crippen LogP) is 4.47. The van der Waals surface area contributed by atoms with Gasteiger partial charge in [0.05, 0.1) is 12.7 Å². The van der Waals surface area contributed by atoms with Crippen LogP contribution in [0.3, 0.4) is 0 Å². The highest BCUT2D eigenvalue weighted by Crippen LogP contribution is 2.10. The van der Waals surface area contributed by atoms with Crippen molar-refractivity contribution in [3.63, 3.8) is 0 Å². The minimum absolute atomic E-state index is 0.115. The monoisotopic (exact) mass is 624 g/mol. The van der Waals surface area contributed by atoms with Crippen molar-refractivity contribution in [1.29, 1.82) is 0 Å². The van der Waals surface area contributed by atoms with E-state index in [4.69, 9.17) is 14.2 Å². The molecule has 11 nitrogen and oxygen atoms in total. The summed E-state index contributed by atoms with van der Waals surface area (Å²) in [6.45, 7) is 13.4. The van der Waals surface area contributed by atoms with Gasteiger partial charge in [-0.15, -0.1) is 6.58 Å². The molecule has 0 aliphatic carbocycles. The molecular formula is C34H48N4O7. The molecule has 2 aromatic rings. The van der Waals surface area contributed by atoms with E-state index in [1.54, 1.807) is 6.08 Å². The average Bonchev–Trinajstić information content (AvgIpc) is 3.85. The van der Waals surface area contributed by atoms with Crippen molar-refractivity contribution in [3.8, 4) is 0 Å². The van der Waals surface area contributed by atoms with E-state index in [1.807, 2.05) is 88.4 Å². The highest BCUT2D eigenvalue weighted by Gasteiger charge is 2.27. The lowest BCUT2D eigenvalue weighted by Gasteiger charge is -2.19. The van der Waals surface area contributed by atoms with Crippen LogP contribution in [0.15, 0.2) is 73.3 Å². The summed E-state index contributed by atoms with van der Waals surface area (Å²) < 4.78 is 15.4. The zero-order chi connectivity index (χ0) is 33.0. The second-order valence-corrected chi connectivity index (χ2v) is 11.5. The highest BCUT2D eigenvalue weighted by molar-refractivity contribution is 5.86. The van der Waals surface area contributed by atoms with E-state index < -0.39 is 24.3 Å². The molecule has 1 aliphatic rings. The molecule has 246 valence electrons. The van der Waals surface area contributed by atoms with Gasteiger partial charge in [0.1, 0.15) is 25.3 Å². The number of alkyl carbamates (subject to hydrolysis) is 2. The number of hydrogen-bond acceptors (Lipinski definition) is 7. The number of carbonyl (C=O) groups excluding carboxylic acids is 4. The number of epoxide rings is 1. The summed E-state index contributed by atoms with van der Waals surface area (Å²) in [7, 11) is 0. The van der Waals surface area contributed by atoms with Gasteiger partial charge in [0, 0.05) is 13.1 Å². The van der Waals surface area contributed by atoms with Gasteiger partial charge in [-0.2, -0.15) is 0 Å². The normalized spacial score (nSPS) is 14.6. The Morgan fingerprint density at radius 1 is 0.778 bits per heavy atom. The Morgan fingerprint density at radius 2 is 1.20 bits per heavy atom. The summed E-state index contributed by atoms with van der Waals surface area (Å²) in [4.78, 5) is 48.0. The van der Waals surface area contributed by atoms with Crippen molar-refractivity contribution in [2.75, 3.05) is 19.7 Å². The highest BCUT2D eigenvalue weighted by atomic mass is 16.6. The van der Waals surface area contributed by atoms with Crippen LogP contribution in [-0.2, 0) is 37.0 Å². The van der Waals surface area contributed by atoms with E-state index in [-0.39, 0.29) is 43.0 Å². The van der Waals surface area contributed by atoms with Crippen LogP contribution in [0.5, 0.6) is 0 Å². The molecule has 3 rings (SSSR count). The van der Waals surface area contributed by atoms with Crippen molar-refractivity contribution in [1.82, 2.24) is 21.3 Å². The first kappa shape index (κ1) is 36.8. The lowest BCUT2D eigenvalue weighted by Crippen LogP contribution is -2.48. The minimum Gasteiger partial charge on any atom is -0.445 e. The summed E-state index contributed by atoms with van der Waals surface area (Å²) >= 11 is 0. The van der Waals surface area contributed by atoms with Crippen LogP contribution in [0.1, 0.15) is 51.7 Å². The van der Waals surface area contributed by atoms with Crippen LogP contribution in [0.4, 0.5) is 9.59 Å². The van der Waals surface area contributed by atoms with Gasteiger partial charge in [-0.1, -0.05) is 94.4 Å². The van der Waals surface area contributed by atoms with Crippen LogP contribution in [-0.4, -0.2) is 61.9 Å². The van der Waals surface area contributed by atoms with Gasteiger partial charge in [-0.25, -0.2) is 9.59 Å². The number of ether oxygens (including phenoxy) is 3. The van der Waals surface area contributed by atoms with Crippen molar-refractivity contribution < 1.29 is 33.4 Å². The molecule has 4 N–H and O–H groups in total. The topological polar surface area (TPSA) is 147 Å². The first-order chi connectivity index (χ1) is 21.6. The number of benzene rings is 2. The Balaban J connectivity index is 0.000000314. The Kier molecular flexibility index (Phi) is 16.8. The standard InChI is InChI=1S/C17H24N2O4.C17H24N2O3/c1-12(2)8-15(16(20)18-9-14-11-22-14)19-17(21)23-10-13-6-4-3-5-7-13;1-4-10-18-16(20)15(11-13(2)3)19-17(21)22-12-14-8-6-5-7-9-14/h3-7,12,14-15H,8-11H2,1-2H3,(H,18,20)(H,19,21);4-9,13,15H,1,10-12H2,2-3H3,(H,18,20)(H,19,21)/t14?,15-;15-/m00/s1. The maximum Gasteiger partial charge on any atom is 0.408 e. The van der Waals surface area contributed by atoms with Gasteiger partial charge >= 0.3 is 12.2 Å². The Morgan fingerprint density at radius 3 is 1.58 bits per heavy atom. The van der Waals surface area contributed by atoms with Gasteiger partial charge in [-0.3, -0.25) is 9.59 Å². The van der Waals surface area contributed by atoms with Gasteiger partial charge in [0.2, 0.25) is 11.8 Å². The number of rotatable bonds is 16. The molecule has 1 heterocycles. The first-order valence-corrected chi connectivity index (χ1v) is 15.3. The smallest absolute Gasteiger partial charge is 0.408 e. The van der Waals surface area contributed by atoms with E-state index in [2.05, 4.69) is 27.8 Å². The number of hydrogen-bond donors (Lipinski definition) is 4. The van der Waals surface area contributed by atoms with E-state index >= 15 is 0 Å². The molecule has 1 saturated heterocycles. The van der Waals surface area contributed by atoms with Gasteiger partial charge < -0.3 is 35.5 Å². The lowest BCUT2D eigenvalue weighted by atomic mass is 10.0. The Labute approximate surface area is 266 Å². The summed E-state index contributed by atoms with van der Waals surface area (Å²) in [5.41, 5.74) is 1.80. The SMILES string of the molecule is C=CCNC(=O)[C@H](CC(C)C)NC(=O)OCc1ccccc1.CC(C)C[C@H](NC(=O)OCc1ccccc1)C(=O)NCC1CO1. The molecule has 1 unspecified atom stereocenters. The number of amides is 4. The molecule has 3 atom stereocenters. The predicted molar refractivity (Wildman–Crippen MR) is 172 cm³/mol. The van der Waals surface area contributed by atoms with Crippen LogP contribution in [0, 0.1) is 11.8 Å². The van der Waals surface area contributed by atoms with E-state index in [1.165, 1.54) is 0 Å². The fourth-order valence-electron chi connectivity index (χ4n) is 4.04. The third-order valence-electron chi connectivity index (χ3n) is 6.38. The van der Waals surface area contributed by atoms with Crippen LogP contribution in [0.2, 0.25) is 0 Å². The third-order valence-corrected chi connectivity index (χ3v) is 6.38. The lowest BCUT2D eigenvalue weighted by molar-refractivity contribution is -0.124. The Bertz CT molecular complexity index is 1190. The zero-order valence-corrected chi connectivity index (χ0v) is 26.8. The summed E-state index contributed by atoms with van der Waals surface area (Å²) in [6.07, 6.45) is 1.63. The summed E-state index contributed by atoms with van der Waals surface area (Å²) in [5, 5.41) is 10.8. The first-order valence-electron chi connectivity index (χ1n) is 15.3. The molecule has 4 amide bonds. The fourth-order valence-corrected chi connectivity index (χ4v) is 4.04. The van der Waals surface area contributed by atoms with Crippen LogP contribution < -0.4 is 21.3 Å². The van der Waals surface area contributed by atoms with Gasteiger partial charge in [-0.05, 0) is 35.8 Å². The molecule has 45 heavy (non-hydrogen) atoms. The molecular weight excluding hydrogens is 576 g/mol. The maximum atomic E-state index is 12.2. The maximum absolute atomic E-state index is 12.2. The molecule has 0 saturated carbocycles. The van der Waals surface area contributed by atoms with Crippen molar-refractivity contribution in [3.05, 3.63) is 84.4 Å². The van der Waals surface area contributed by atoms with Crippen LogP contribution >= 0.6 is 0 Å². The van der Waals surface area contributed by atoms with E-state index in [9.17, 15) is 19.2 Å². The third kappa shape index (κ3) is 16.9. The van der Waals surface area contributed by atoms with E-state index in [0.29, 0.717) is 32.5 Å². The summed E-state index contributed by atoms with van der Waals surface area (Å²) in [5.74, 6) is 0.113.